The number of amides is 2. The Balaban J connectivity index is 1.70. The molecule has 0 aliphatic heterocycles. The topological polar surface area (TPSA) is 58.2 Å². The minimum Gasteiger partial charge on any atom is -0.350 e. The molecule has 1 aliphatic carbocycles. The molecule has 2 N–H and O–H groups in total. The molecule has 1 aromatic rings. The van der Waals surface area contributed by atoms with Gasteiger partial charge in [-0.2, -0.15) is 0 Å². The van der Waals surface area contributed by atoms with Crippen molar-refractivity contribution in [3.05, 3.63) is 34.9 Å². The fourth-order valence-corrected chi connectivity index (χ4v) is 2.78. The van der Waals surface area contributed by atoms with Gasteiger partial charge in [-0.05, 0) is 24.5 Å². The molecule has 1 fully saturated rings. The first kappa shape index (κ1) is 15.8. The molecule has 4 nitrogen and oxygen atoms in total. The van der Waals surface area contributed by atoms with E-state index in [4.69, 9.17) is 11.6 Å². The second kappa shape index (κ2) is 8.03. The maximum absolute atomic E-state index is 11.9. The van der Waals surface area contributed by atoms with Crippen LogP contribution in [0, 0.1) is 5.92 Å². The first-order valence-electron chi connectivity index (χ1n) is 7.44. The Kier molecular flexibility index (Phi) is 6.05. The lowest BCUT2D eigenvalue weighted by atomic mass is 9.89. The SMILES string of the molecule is O=C(CNC(=O)C1CCCCC1)NCc1ccccc1Cl. The lowest BCUT2D eigenvalue weighted by Gasteiger charge is -2.20. The summed E-state index contributed by atoms with van der Waals surface area (Å²) in [5, 5.41) is 6.11. The maximum atomic E-state index is 11.9. The normalized spacial score (nSPS) is 15.5. The Labute approximate surface area is 130 Å². The summed E-state index contributed by atoms with van der Waals surface area (Å²) in [5.41, 5.74) is 0.867. The van der Waals surface area contributed by atoms with Crippen LogP contribution in [0.2, 0.25) is 5.02 Å². The van der Waals surface area contributed by atoms with Crippen LogP contribution in [-0.2, 0) is 16.1 Å². The molecule has 1 aromatic carbocycles. The van der Waals surface area contributed by atoms with E-state index in [0.717, 1.165) is 31.2 Å². The van der Waals surface area contributed by atoms with Crippen LogP contribution in [0.25, 0.3) is 0 Å². The number of carbonyl (C=O) groups excluding carboxylic acids is 2. The van der Waals surface area contributed by atoms with Crippen molar-refractivity contribution < 1.29 is 9.59 Å². The number of rotatable bonds is 5. The Morgan fingerprint density at radius 3 is 2.52 bits per heavy atom. The fraction of sp³-hybridized carbons (Fsp3) is 0.500. The largest absolute Gasteiger partial charge is 0.350 e. The van der Waals surface area contributed by atoms with Crippen molar-refractivity contribution in [1.82, 2.24) is 10.6 Å². The van der Waals surface area contributed by atoms with Crippen LogP contribution >= 0.6 is 11.6 Å². The van der Waals surface area contributed by atoms with Crippen molar-refractivity contribution in [3.8, 4) is 0 Å². The number of nitrogens with one attached hydrogen (secondary N) is 2. The molecular formula is C16H21ClN2O2. The molecule has 114 valence electrons. The number of benzene rings is 1. The van der Waals surface area contributed by atoms with E-state index in [1.165, 1.54) is 6.42 Å². The molecule has 21 heavy (non-hydrogen) atoms. The van der Waals surface area contributed by atoms with E-state index in [0.29, 0.717) is 11.6 Å². The summed E-state index contributed by atoms with van der Waals surface area (Å²) >= 11 is 6.02. The molecule has 0 atom stereocenters. The van der Waals surface area contributed by atoms with E-state index in [2.05, 4.69) is 10.6 Å². The van der Waals surface area contributed by atoms with Gasteiger partial charge < -0.3 is 10.6 Å². The molecule has 0 bridgehead atoms. The molecule has 1 aliphatic rings. The molecule has 0 unspecified atom stereocenters. The number of hydrogen-bond acceptors (Lipinski definition) is 2. The van der Waals surface area contributed by atoms with Gasteiger partial charge in [0, 0.05) is 17.5 Å². The number of hydrogen-bond donors (Lipinski definition) is 2. The molecule has 0 saturated heterocycles. The highest BCUT2D eigenvalue weighted by Crippen LogP contribution is 2.23. The van der Waals surface area contributed by atoms with Crippen molar-refractivity contribution in [2.45, 2.75) is 38.6 Å². The lowest BCUT2D eigenvalue weighted by Crippen LogP contribution is -2.39. The first-order chi connectivity index (χ1) is 10.2. The van der Waals surface area contributed by atoms with E-state index in [1.807, 2.05) is 18.2 Å². The van der Waals surface area contributed by atoms with Crippen LogP contribution in [0.1, 0.15) is 37.7 Å². The van der Waals surface area contributed by atoms with Crippen molar-refractivity contribution in [2.24, 2.45) is 5.92 Å². The zero-order chi connectivity index (χ0) is 15.1. The summed E-state index contributed by atoms with van der Waals surface area (Å²) in [6.45, 7) is 0.400. The van der Waals surface area contributed by atoms with Crippen LogP contribution in [0.4, 0.5) is 0 Å². The van der Waals surface area contributed by atoms with Crippen LogP contribution in [0.15, 0.2) is 24.3 Å². The predicted molar refractivity (Wildman–Crippen MR) is 82.9 cm³/mol. The van der Waals surface area contributed by atoms with E-state index in [9.17, 15) is 9.59 Å². The Hall–Kier alpha value is -1.55. The Morgan fingerprint density at radius 1 is 1.10 bits per heavy atom. The average Bonchev–Trinajstić information content (AvgIpc) is 2.52. The quantitative estimate of drug-likeness (QED) is 0.878. The van der Waals surface area contributed by atoms with Crippen LogP contribution in [0.5, 0.6) is 0 Å². The smallest absolute Gasteiger partial charge is 0.239 e. The Morgan fingerprint density at radius 2 is 1.81 bits per heavy atom. The summed E-state index contributed by atoms with van der Waals surface area (Å²) < 4.78 is 0. The third kappa shape index (κ3) is 5.05. The minimum absolute atomic E-state index is 0.00240. The molecular weight excluding hydrogens is 288 g/mol. The van der Waals surface area contributed by atoms with Gasteiger partial charge in [0.05, 0.1) is 6.54 Å². The molecule has 5 heteroatoms. The van der Waals surface area contributed by atoms with Gasteiger partial charge in [0.25, 0.3) is 0 Å². The van der Waals surface area contributed by atoms with Gasteiger partial charge in [-0.15, -0.1) is 0 Å². The summed E-state index contributed by atoms with van der Waals surface area (Å²) in [6, 6.07) is 7.37. The number of carbonyl (C=O) groups is 2. The minimum atomic E-state index is -0.195. The van der Waals surface area contributed by atoms with Crippen molar-refractivity contribution >= 4 is 23.4 Å². The molecule has 0 spiro atoms. The van der Waals surface area contributed by atoms with E-state index in [1.54, 1.807) is 6.07 Å². The van der Waals surface area contributed by atoms with Gasteiger partial charge in [0.2, 0.25) is 11.8 Å². The van der Waals surface area contributed by atoms with Gasteiger partial charge in [0.1, 0.15) is 0 Å². The van der Waals surface area contributed by atoms with Crippen LogP contribution < -0.4 is 10.6 Å². The zero-order valence-corrected chi connectivity index (χ0v) is 12.8. The molecule has 2 amide bonds. The summed E-state index contributed by atoms with van der Waals surface area (Å²) in [7, 11) is 0. The highest BCUT2D eigenvalue weighted by molar-refractivity contribution is 6.31. The van der Waals surface area contributed by atoms with Gasteiger partial charge >= 0.3 is 0 Å². The molecule has 0 radical (unpaired) electrons. The zero-order valence-electron chi connectivity index (χ0n) is 12.0. The predicted octanol–water partition coefficient (Wildman–Crippen LogP) is 2.65. The summed E-state index contributed by atoms with van der Waals surface area (Å²) in [6.07, 6.45) is 5.30. The van der Waals surface area contributed by atoms with E-state index < -0.39 is 0 Å². The average molecular weight is 309 g/mol. The second-order valence-corrected chi connectivity index (χ2v) is 5.83. The van der Waals surface area contributed by atoms with Crippen molar-refractivity contribution in [2.75, 3.05) is 6.54 Å². The standard InChI is InChI=1S/C16H21ClN2O2/c17-14-9-5-4-8-13(14)10-18-15(20)11-19-16(21)12-6-2-1-3-7-12/h4-5,8-9,12H,1-3,6-7,10-11H2,(H,18,20)(H,19,21). The fourth-order valence-electron chi connectivity index (χ4n) is 2.57. The summed E-state index contributed by atoms with van der Waals surface area (Å²) in [5.74, 6) is -0.114. The number of halogens is 1. The highest BCUT2D eigenvalue weighted by Gasteiger charge is 2.21. The third-order valence-electron chi connectivity index (χ3n) is 3.83. The van der Waals surface area contributed by atoms with Crippen molar-refractivity contribution in [3.63, 3.8) is 0 Å². The van der Waals surface area contributed by atoms with Gasteiger partial charge in [-0.1, -0.05) is 49.1 Å². The van der Waals surface area contributed by atoms with Crippen molar-refractivity contribution in [1.29, 1.82) is 0 Å². The first-order valence-corrected chi connectivity index (χ1v) is 7.82. The molecule has 0 aromatic heterocycles. The van der Waals surface area contributed by atoms with Gasteiger partial charge in [0.15, 0.2) is 0 Å². The summed E-state index contributed by atoms with van der Waals surface area (Å²) in [4.78, 5) is 23.7. The van der Waals surface area contributed by atoms with Crippen LogP contribution in [-0.4, -0.2) is 18.4 Å². The van der Waals surface area contributed by atoms with E-state index >= 15 is 0 Å². The Bertz CT molecular complexity index is 499. The molecule has 1 saturated carbocycles. The van der Waals surface area contributed by atoms with Crippen LogP contribution in [0.3, 0.4) is 0 Å². The third-order valence-corrected chi connectivity index (χ3v) is 4.20. The highest BCUT2D eigenvalue weighted by atomic mass is 35.5. The second-order valence-electron chi connectivity index (χ2n) is 5.42. The van der Waals surface area contributed by atoms with E-state index in [-0.39, 0.29) is 24.3 Å². The molecule has 2 rings (SSSR count). The maximum Gasteiger partial charge on any atom is 0.239 e. The molecule has 0 heterocycles. The van der Waals surface area contributed by atoms with Gasteiger partial charge in [-0.25, -0.2) is 0 Å². The monoisotopic (exact) mass is 308 g/mol. The lowest BCUT2D eigenvalue weighted by molar-refractivity contribution is -0.129. The van der Waals surface area contributed by atoms with Gasteiger partial charge in [-0.3, -0.25) is 9.59 Å².